The van der Waals surface area contributed by atoms with Gasteiger partial charge in [0.05, 0.1) is 40.9 Å². The van der Waals surface area contributed by atoms with Gasteiger partial charge in [0.25, 0.3) is 5.54 Å². The number of aryl methyl sites for hydroxylation is 1. The fourth-order valence-electron chi connectivity index (χ4n) is 5.87. The van der Waals surface area contributed by atoms with Crippen molar-refractivity contribution in [3.8, 4) is 11.4 Å². The molecule has 1 aliphatic carbocycles. The fraction of sp³-hybridized carbons (Fsp3) is 0.615. The number of morpholine rings is 1. The summed E-state index contributed by atoms with van der Waals surface area (Å²) in [5.41, 5.74) is 4.24. The second kappa shape index (κ2) is 9.16. The van der Waals surface area contributed by atoms with Crippen molar-refractivity contribution in [2.24, 2.45) is 0 Å². The van der Waals surface area contributed by atoms with Gasteiger partial charge in [-0.25, -0.2) is 16.2 Å². The van der Waals surface area contributed by atoms with E-state index in [1.807, 2.05) is 11.6 Å². The topological polar surface area (TPSA) is 69.7 Å². The minimum absolute atomic E-state index is 0.0736. The lowest BCUT2D eigenvalue weighted by molar-refractivity contribution is -0.0385. The first-order valence-corrected chi connectivity index (χ1v) is 13.6. The molecule has 2 aliphatic heterocycles. The number of hydrogen-bond acceptors (Lipinski definition) is 7. The Morgan fingerprint density at radius 2 is 2.03 bits per heavy atom. The van der Waals surface area contributed by atoms with Crippen LogP contribution in [0.25, 0.3) is 26.4 Å². The first kappa shape index (κ1) is 22.9. The predicted molar refractivity (Wildman–Crippen MR) is 137 cm³/mol. The molecule has 3 aromatic rings. The van der Waals surface area contributed by atoms with E-state index in [1.54, 1.807) is 0 Å². The Hall–Kier alpha value is -2.54. The molecule has 35 heavy (non-hydrogen) atoms. The van der Waals surface area contributed by atoms with E-state index in [2.05, 4.69) is 28.8 Å². The van der Waals surface area contributed by atoms with Gasteiger partial charge < -0.3 is 19.2 Å². The summed E-state index contributed by atoms with van der Waals surface area (Å²) in [6.45, 7) is 15.3. The van der Waals surface area contributed by atoms with Crippen LogP contribution in [0.15, 0.2) is 12.1 Å². The summed E-state index contributed by atoms with van der Waals surface area (Å²) >= 11 is 1.48. The third-order valence-corrected chi connectivity index (χ3v) is 8.62. The van der Waals surface area contributed by atoms with E-state index in [1.165, 1.54) is 11.5 Å². The van der Waals surface area contributed by atoms with Crippen LogP contribution in [0, 0.1) is 13.5 Å². The summed E-state index contributed by atoms with van der Waals surface area (Å²) in [5, 5.41) is 4.80. The minimum Gasteiger partial charge on any atom is -0.377 e. The average Bonchev–Trinajstić information content (AvgIpc) is 3.63. The molecule has 1 saturated carbocycles. The number of nitrogens with zero attached hydrogens (tertiary/aromatic N) is 6. The second-order valence-corrected chi connectivity index (χ2v) is 10.9. The molecule has 184 valence electrons. The maximum atomic E-state index is 8.18. The molecule has 6 rings (SSSR count). The van der Waals surface area contributed by atoms with Gasteiger partial charge in [0.15, 0.2) is 6.23 Å². The number of ether oxygens (including phenoxy) is 2. The van der Waals surface area contributed by atoms with Crippen LogP contribution in [0.4, 0.5) is 5.82 Å². The molecule has 3 fully saturated rings. The summed E-state index contributed by atoms with van der Waals surface area (Å²) in [6, 6.07) is 4.51. The van der Waals surface area contributed by atoms with Crippen LogP contribution < -0.4 is 4.90 Å². The van der Waals surface area contributed by atoms with Crippen molar-refractivity contribution in [3.05, 3.63) is 34.8 Å². The summed E-state index contributed by atoms with van der Waals surface area (Å²) in [6.07, 6.45) is 7.08. The van der Waals surface area contributed by atoms with Gasteiger partial charge in [0.2, 0.25) is 0 Å². The molecule has 0 N–H and O–H groups in total. The smallest absolute Gasteiger partial charge is 0.259 e. The predicted octanol–water partition coefficient (Wildman–Crippen LogP) is 5.48. The molecule has 0 spiro atoms. The maximum absolute atomic E-state index is 8.18. The van der Waals surface area contributed by atoms with Crippen molar-refractivity contribution in [1.29, 1.82) is 0 Å². The van der Waals surface area contributed by atoms with Crippen molar-refractivity contribution in [2.45, 2.75) is 76.6 Å². The van der Waals surface area contributed by atoms with Crippen LogP contribution in [0.5, 0.6) is 0 Å². The molecule has 9 heteroatoms. The van der Waals surface area contributed by atoms with Crippen molar-refractivity contribution in [1.82, 2.24) is 19.1 Å². The highest BCUT2D eigenvalue weighted by molar-refractivity contribution is 7.13. The van der Waals surface area contributed by atoms with E-state index in [-0.39, 0.29) is 12.3 Å². The molecule has 0 aromatic carbocycles. The Balaban J connectivity index is 1.55. The molecule has 1 unspecified atom stereocenters. The minimum atomic E-state index is -0.488. The lowest BCUT2D eigenvalue weighted by Crippen LogP contribution is -2.44. The number of hydrogen-bond donors (Lipinski definition) is 0. The van der Waals surface area contributed by atoms with Gasteiger partial charge in [-0.1, -0.05) is 0 Å². The Kier molecular flexibility index (Phi) is 5.99. The van der Waals surface area contributed by atoms with Gasteiger partial charge in [-0.2, -0.15) is 9.47 Å². The van der Waals surface area contributed by atoms with E-state index >= 15 is 0 Å². The standard InChI is InChI=1S/C26H32N6O2S/c1-17-14-20(32(29-17)22-8-4-7-12-34-22)23-24-25(35-30-23)19(26(27-3)9-5-6-10-26)15-21(28-24)31-11-13-33-16-18(31)2/h14-15,18,22H,4-13,16H2,1-2H3/t18-,22?/m1/s1. The lowest BCUT2D eigenvalue weighted by Gasteiger charge is -2.34. The molecule has 3 aliphatic rings. The van der Waals surface area contributed by atoms with Crippen LogP contribution in [-0.4, -0.2) is 51.5 Å². The molecule has 0 bridgehead atoms. The van der Waals surface area contributed by atoms with Crippen LogP contribution in [0.2, 0.25) is 0 Å². The molecule has 3 aromatic heterocycles. The first-order valence-electron chi connectivity index (χ1n) is 12.8. The van der Waals surface area contributed by atoms with E-state index in [4.69, 9.17) is 30.5 Å². The average molecular weight is 493 g/mol. The van der Waals surface area contributed by atoms with Crippen molar-refractivity contribution in [3.63, 3.8) is 0 Å². The van der Waals surface area contributed by atoms with Crippen LogP contribution in [0.3, 0.4) is 0 Å². The largest absolute Gasteiger partial charge is 0.377 e. The highest BCUT2D eigenvalue weighted by Crippen LogP contribution is 2.48. The van der Waals surface area contributed by atoms with Crippen molar-refractivity contribution < 1.29 is 9.47 Å². The monoisotopic (exact) mass is 492 g/mol. The van der Waals surface area contributed by atoms with E-state index < -0.39 is 5.54 Å². The molecular weight excluding hydrogens is 460 g/mol. The van der Waals surface area contributed by atoms with Gasteiger partial charge in [-0.3, -0.25) is 0 Å². The molecule has 0 amide bonds. The quantitative estimate of drug-likeness (QED) is 0.450. The highest BCUT2D eigenvalue weighted by atomic mass is 32.1. The fourth-order valence-corrected chi connectivity index (χ4v) is 6.81. The summed E-state index contributed by atoms with van der Waals surface area (Å²) < 4.78 is 19.8. The summed E-state index contributed by atoms with van der Waals surface area (Å²) in [5.74, 6) is 0.927. The second-order valence-electron chi connectivity index (χ2n) is 10.1. The van der Waals surface area contributed by atoms with E-state index in [0.29, 0.717) is 13.2 Å². The van der Waals surface area contributed by atoms with Gasteiger partial charge in [-0.15, -0.1) is 0 Å². The van der Waals surface area contributed by atoms with Crippen LogP contribution in [-0.2, 0) is 15.0 Å². The normalized spacial score (nSPS) is 24.7. The third-order valence-electron chi connectivity index (χ3n) is 7.75. The van der Waals surface area contributed by atoms with Crippen molar-refractivity contribution in [2.75, 3.05) is 31.3 Å². The Bertz CT molecular complexity index is 1260. The number of rotatable bonds is 4. The van der Waals surface area contributed by atoms with Gasteiger partial charge in [-0.05, 0) is 69.6 Å². The molecule has 8 nitrogen and oxygen atoms in total. The zero-order chi connectivity index (χ0) is 24.0. The maximum Gasteiger partial charge on any atom is 0.259 e. The van der Waals surface area contributed by atoms with E-state index in [0.717, 1.165) is 96.8 Å². The first-order chi connectivity index (χ1) is 17.1. The van der Waals surface area contributed by atoms with Gasteiger partial charge in [0, 0.05) is 26.0 Å². The number of fused-ring (bicyclic) bond motifs is 1. The summed E-state index contributed by atoms with van der Waals surface area (Å²) in [4.78, 5) is 11.8. The lowest BCUT2D eigenvalue weighted by atomic mass is 9.89. The Morgan fingerprint density at radius 1 is 1.17 bits per heavy atom. The molecule has 2 atom stereocenters. The van der Waals surface area contributed by atoms with Gasteiger partial charge >= 0.3 is 0 Å². The van der Waals surface area contributed by atoms with Crippen LogP contribution in [0.1, 0.15) is 69.4 Å². The molecular formula is C26H32N6O2S. The zero-order valence-corrected chi connectivity index (χ0v) is 21.3. The molecule has 2 saturated heterocycles. The third kappa shape index (κ3) is 3.92. The van der Waals surface area contributed by atoms with Crippen molar-refractivity contribution >= 4 is 27.6 Å². The van der Waals surface area contributed by atoms with Crippen LogP contribution >= 0.6 is 11.5 Å². The molecule has 5 heterocycles. The Labute approximate surface area is 210 Å². The SMILES string of the molecule is [C-]#[N+]C1(c2cc(N3CCOC[C@H]3C)nc3c(-c4cc(C)nn4C4CCCCO4)nsc23)CCCC1. The number of anilines is 1. The highest BCUT2D eigenvalue weighted by Gasteiger charge is 2.45. The van der Waals surface area contributed by atoms with E-state index in [9.17, 15) is 0 Å². The molecule has 0 radical (unpaired) electrons. The Morgan fingerprint density at radius 3 is 2.77 bits per heavy atom. The van der Waals surface area contributed by atoms with Gasteiger partial charge in [0.1, 0.15) is 17.0 Å². The number of pyridine rings is 1. The zero-order valence-electron chi connectivity index (χ0n) is 20.5. The summed E-state index contributed by atoms with van der Waals surface area (Å²) in [7, 11) is 0. The number of aromatic nitrogens is 4.